The molecule has 0 saturated carbocycles. The van der Waals surface area contributed by atoms with Gasteiger partial charge in [-0.15, -0.1) is 0 Å². The predicted octanol–water partition coefficient (Wildman–Crippen LogP) is 5.53. The Kier molecular flexibility index (Phi) is 6.53. The quantitative estimate of drug-likeness (QED) is 0.206. The maximum absolute atomic E-state index is 13.3. The molecule has 2 aromatic carbocycles. The summed E-state index contributed by atoms with van der Waals surface area (Å²) in [6.07, 6.45) is 1.34. The SMILES string of the molecule is CCCO/N=C(\Cn1c(C(=O)O)c(CC)c2ccccc21)c1cc(-c2ccc(F)cc2)no1. The van der Waals surface area contributed by atoms with Gasteiger partial charge in [0.15, 0.2) is 5.76 Å². The van der Waals surface area contributed by atoms with Gasteiger partial charge >= 0.3 is 5.97 Å². The fraction of sp³-hybridized carbons (Fsp3) is 0.240. The van der Waals surface area contributed by atoms with Crippen LogP contribution in [-0.2, 0) is 17.8 Å². The summed E-state index contributed by atoms with van der Waals surface area (Å²) in [4.78, 5) is 17.6. The van der Waals surface area contributed by atoms with Crippen molar-refractivity contribution in [1.29, 1.82) is 0 Å². The highest BCUT2D eigenvalue weighted by atomic mass is 19.1. The van der Waals surface area contributed by atoms with Gasteiger partial charge in [0, 0.05) is 22.5 Å². The number of carboxylic acids is 1. The van der Waals surface area contributed by atoms with E-state index in [2.05, 4.69) is 10.3 Å². The van der Waals surface area contributed by atoms with Crippen LogP contribution in [0.4, 0.5) is 4.39 Å². The molecule has 33 heavy (non-hydrogen) atoms. The highest BCUT2D eigenvalue weighted by Gasteiger charge is 2.24. The summed E-state index contributed by atoms with van der Waals surface area (Å²) in [5, 5.41) is 19.2. The number of nitrogens with zero attached hydrogens (tertiary/aromatic N) is 3. The van der Waals surface area contributed by atoms with E-state index in [1.165, 1.54) is 12.1 Å². The summed E-state index contributed by atoms with van der Waals surface area (Å²) in [5.41, 5.74) is 3.35. The third kappa shape index (κ3) is 4.50. The number of benzene rings is 2. The van der Waals surface area contributed by atoms with Gasteiger partial charge in [0.05, 0.1) is 6.54 Å². The van der Waals surface area contributed by atoms with E-state index in [0.29, 0.717) is 35.8 Å². The minimum absolute atomic E-state index is 0.115. The highest BCUT2D eigenvalue weighted by molar-refractivity contribution is 6.02. The van der Waals surface area contributed by atoms with Crippen LogP contribution in [0.5, 0.6) is 0 Å². The standard InChI is InChI=1S/C25H24FN3O4/c1-3-13-32-27-21(23-14-20(28-33-23)16-9-11-17(26)12-10-16)15-29-22-8-6-5-7-19(22)18(4-2)24(29)25(30)31/h5-12,14H,3-4,13,15H2,1-2H3,(H,30,31)/b27-21+. The molecule has 0 radical (unpaired) electrons. The lowest BCUT2D eigenvalue weighted by atomic mass is 10.1. The number of oxime groups is 1. The van der Waals surface area contributed by atoms with Gasteiger partial charge in [0.25, 0.3) is 0 Å². The molecule has 4 aromatic rings. The van der Waals surface area contributed by atoms with Gasteiger partial charge in [0.1, 0.15) is 29.5 Å². The van der Waals surface area contributed by atoms with Crippen molar-refractivity contribution in [3.05, 3.63) is 77.4 Å². The second-order valence-corrected chi connectivity index (χ2v) is 7.54. The minimum atomic E-state index is -1.01. The first-order valence-electron chi connectivity index (χ1n) is 10.8. The van der Waals surface area contributed by atoms with Gasteiger partial charge in [-0.05, 0) is 48.7 Å². The van der Waals surface area contributed by atoms with Crippen molar-refractivity contribution in [2.45, 2.75) is 33.2 Å². The number of aryl methyl sites for hydroxylation is 1. The topological polar surface area (TPSA) is 89.9 Å². The van der Waals surface area contributed by atoms with Crippen LogP contribution in [-0.4, -0.2) is 33.1 Å². The Bertz CT molecular complexity index is 1310. The van der Waals surface area contributed by atoms with E-state index in [0.717, 1.165) is 22.9 Å². The van der Waals surface area contributed by atoms with Gasteiger partial charge in [-0.2, -0.15) is 0 Å². The summed E-state index contributed by atoms with van der Waals surface area (Å²) in [6, 6.07) is 15.2. The molecule has 0 saturated heterocycles. The normalized spacial score (nSPS) is 11.8. The van der Waals surface area contributed by atoms with Crippen LogP contribution in [0.3, 0.4) is 0 Å². The van der Waals surface area contributed by atoms with Crippen LogP contribution in [0.25, 0.3) is 22.2 Å². The van der Waals surface area contributed by atoms with Crippen molar-refractivity contribution >= 4 is 22.6 Å². The van der Waals surface area contributed by atoms with E-state index in [4.69, 9.17) is 9.36 Å². The molecule has 0 amide bonds. The Morgan fingerprint density at radius 2 is 1.94 bits per heavy atom. The number of para-hydroxylation sites is 1. The lowest BCUT2D eigenvalue weighted by Crippen LogP contribution is -2.17. The number of rotatable bonds is 9. The molecule has 0 unspecified atom stereocenters. The lowest BCUT2D eigenvalue weighted by Gasteiger charge is -2.10. The minimum Gasteiger partial charge on any atom is -0.477 e. The van der Waals surface area contributed by atoms with E-state index >= 15 is 0 Å². The molecule has 1 N–H and O–H groups in total. The average Bonchev–Trinajstić information content (AvgIpc) is 3.42. The molecular weight excluding hydrogens is 425 g/mol. The third-order valence-electron chi connectivity index (χ3n) is 5.34. The monoisotopic (exact) mass is 449 g/mol. The van der Waals surface area contributed by atoms with Crippen LogP contribution in [0.15, 0.2) is 64.3 Å². The zero-order chi connectivity index (χ0) is 23.4. The van der Waals surface area contributed by atoms with Crippen LogP contribution in [0.1, 0.15) is 42.1 Å². The van der Waals surface area contributed by atoms with Gasteiger partial charge in [0.2, 0.25) is 0 Å². The number of carboxylic acid groups (broad SMARTS) is 1. The average molecular weight is 449 g/mol. The molecule has 0 spiro atoms. The van der Waals surface area contributed by atoms with Gasteiger partial charge in [-0.3, -0.25) is 0 Å². The summed E-state index contributed by atoms with van der Waals surface area (Å²) >= 11 is 0. The van der Waals surface area contributed by atoms with Gasteiger partial charge < -0.3 is 19.0 Å². The Morgan fingerprint density at radius 1 is 1.18 bits per heavy atom. The van der Waals surface area contributed by atoms with Crippen LogP contribution >= 0.6 is 0 Å². The van der Waals surface area contributed by atoms with Gasteiger partial charge in [-0.25, -0.2) is 9.18 Å². The van der Waals surface area contributed by atoms with Crippen molar-refractivity contribution in [2.24, 2.45) is 5.16 Å². The third-order valence-corrected chi connectivity index (χ3v) is 5.34. The molecule has 0 aliphatic heterocycles. The number of aromatic nitrogens is 2. The molecule has 8 heteroatoms. The molecule has 0 aliphatic rings. The number of halogens is 1. The van der Waals surface area contributed by atoms with Crippen molar-refractivity contribution < 1.29 is 23.7 Å². The first-order valence-corrected chi connectivity index (χ1v) is 10.8. The van der Waals surface area contributed by atoms with Gasteiger partial charge in [-0.1, -0.05) is 42.4 Å². The van der Waals surface area contributed by atoms with E-state index in [9.17, 15) is 14.3 Å². The van der Waals surface area contributed by atoms with E-state index < -0.39 is 5.97 Å². The lowest BCUT2D eigenvalue weighted by molar-refractivity contribution is 0.0685. The summed E-state index contributed by atoms with van der Waals surface area (Å²) in [7, 11) is 0. The zero-order valence-corrected chi connectivity index (χ0v) is 18.4. The van der Waals surface area contributed by atoms with E-state index in [1.54, 1.807) is 22.8 Å². The first kappa shape index (κ1) is 22.3. The van der Waals surface area contributed by atoms with Crippen molar-refractivity contribution in [3.63, 3.8) is 0 Å². The largest absolute Gasteiger partial charge is 0.477 e. The molecule has 4 rings (SSSR count). The van der Waals surface area contributed by atoms with E-state index in [-0.39, 0.29) is 18.1 Å². The Balaban J connectivity index is 1.78. The smallest absolute Gasteiger partial charge is 0.352 e. The van der Waals surface area contributed by atoms with Crippen molar-refractivity contribution in [2.75, 3.05) is 6.61 Å². The fourth-order valence-electron chi connectivity index (χ4n) is 3.83. The van der Waals surface area contributed by atoms with Crippen molar-refractivity contribution in [3.8, 4) is 11.3 Å². The molecular formula is C25H24FN3O4. The molecule has 7 nitrogen and oxygen atoms in total. The Labute approximate surface area is 190 Å². The molecule has 0 aliphatic carbocycles. The van der Waals surface area contributed by atoms with E-state index in [1.807, 2.05) is 38.1 Å². The Hall–Kier alpha value is -3.94. The molecule has 170 valence electrons. The Morgan fingerprint density at radius 3 is 2.64 bits per heavy atom. The number of hydrogen-bond acceptors (Lipinski definition) is 5. The predicted molar refractivity (Wildman–Crippen MR) is 123 cm³/mol. The number of carbonyl (C=O) groups is 1. The molecule has 2 heterocycles. The van der Waals surface area contributed by atoms with Crippen LogP contribution in [0, 0.1) is 5.82 Å². The summed E-state index contributed by atoms with van der Waals surface area (Å²) < 4.78 is 20.5. The summed E-state index contributed by atoms with van der Waals surface area (Å²) in [5.74, 6) is -1.01. The number of hydrogen-bond donors (Lipinski definition) is 1. The second kappa shape index (κ2) is 9.68. The summed E-state index contributed by atoms with van der Waals surface area (Å²) in [6.45, 7) is 4.42. The number of aromatic carboxylic acids is 1. The second-order valence-electron chi connectivity index (χ2n) is 7.54. The fourth-order valence-corrected chi connectivity index (χ4v) is 3.83. The molecule has 0 fully saturated rings. The first-order chi connectivity index (χ1) is 16.0. The molecule has 0 atom stereocenters. The molecule has 2 aromatic heterocycles. The number of fused-ring (bicyclic) bond motifs is 1. The zero-order valence-electron chi connectivity index (χ0n) is 18.4. The maximum atomic E-state index is 13.3. The van der Waals surface area contributed by atoms with Crippen LogP contribution < -0.4 is 0 Å². The van der Waals surface area contributed by atoms with Crippen molar-refractivity contribution in [1.82, 2.24) is 9.72 Å². The molecule has 0 bridgehead atoms. The highest BCUT2D eigenvalue weighted by Crippen LogP contribution is 2.28. The van der Waals surface area contributed by atoms with Crippen LogP contribution in [0.2, 0.25) is 0 Å². The maximum Gasteiger partial charge on any atom is 0.352 e.